The van der Waals surface area contributed by atoms with E-state index in [1.54, 1.807) is 0 Å². The first-order valence-corrected chi connectivity index (χ1v) is 25.3. The first kappa shape index (κ1) is 43.3. The Bertz CT molecular complexity index is 3840. The molecule has 1 nitrogen and oxygen atoms in total. The van der Waals surface area contributed by atoms with E-state index in [-0.39, 0.29) is 10.8 Å². The van der Waals surface area contributed by atoms with Crippen LogP contribution in [0, 0.1) is 0 Å². The van der Waals surface area contributed by atoms with Crippen LogP contribution < -0.4 is 4.90 Å². The third-order valence-electron chi connectivity index (χ3n) is 15.8. The highest BCUT2D eigenvalue weighted by molar-refractivity contribution is 5.96. The summed E-state index contributed by atoms with van der Waals surface area (Å²) in [6, 6.07) is 98.7. The van der Waals surface area contributed by atoms with Gasteiger partial charge in [0.1, 0.15) is 0 Å². The van der Waals surface area contributed by atoms with Crippen molar-refractivity contribution in [2.75, 3.05) is 4.90 Å². The molecule has 0 spiro atoms. The van der Waals surface area contributed by atoms with Gasteiger partial charge in [0.05, 0.1) is 5.69 Å². The second-order valence-electron chi connectivity index (χ2n) is 20.1. The molecule has 0 aliphatic heterocycles. The van der Waals surface area contributed by atoms with Crippen LogP contribution in [-0.2, 0) is 10.8 Å². The molecule has 342 valence electrons. The lowest BCUT2D eigenvalue weighted by Crippen LogP contribution is -2.22. The minimum Gasteiger partial charge on any atom is -0.310 e. The van der Waals surface area contributed by atoms with Crippen molar-refractivity contribution in [1.82, 2.24) is 0 Å². The molecule has 11 aromatic carbocycles. The molecule has 0 amide bonds. The molecular formula is C71H53N. The van der Waals surface area contributed by atoms with Gasteiger partial charge < -0.3 is 4.90 Å². The van der Waals surface area contributed by atoms with Crippen molar-refractivity contribution in [3.8, 4) is 77.9 Å². The van der Waals surface area contributed by atoms with Gasteiger partial charge in [0, 0.05) is 27.8 Å². The standard InChI is InChI=1S/C71H53N/c1-70(2)65-37-17-14-34-61(65)64-36-21-35-63(69(64)70)59-32-13-12-29-56(59)49-40-42-53(43-41-49)72(54-44-45-62-60-33-15-18-38-66(60)71(3,67(62)47-54)52-26-8-5-9-27-52)68-39-19-16-31-58(68)51-25-20-24-50(46-51)57-30-11-10-28-55(57)48-22-6-4-7-23-48/h4-47H,1-3H3. The van der Waals surface area contributed by atoms with Crippen molar-refractivity contribution in [2.45, 2.75) is 31.6 Å². The highest BCUT2D eigenvalue weighted by Gasteiger charge is 2.41. The van der Waals surface area contributed by atoms with Gasteiger partial charge >= 0.3 is 0 Å². The summed E-state index contributed by atoms with van der Waals surface area (Å²) in [7, 11) is 0. The van der Waals surface area contributed by atoms with E-state index < -0.39 is 0 Å². The number of para-hydroxylation sites is 1. The van der Waals surface area contributed by atoms with Crippen LogP contribution in [0.15, 0.2) is 267 Å². The first-order chi connectivity index (χ1) is 35.4. The van der Waals surface area contributed by atoms with E-state index in [4.69, 9.17) is 0 Å². The van der Waals surface area contributed by atoms with Gasteiger partial charge in [-0.3, -0.25) is 0 Å². The Morgan fingerprint density at radius 1 is 0.264 bits per heavy atom. The Balaban J connectivity index is 0.970. The lowest BCUT2D eigenvalue weighted by atomic mass is 9.74. The fourth-order valence-corrected chi connectivity index (χ4v) is 12.3. The Labute approximate surface area is 424 Å². The van der Waals surface area contributed by atoms with Crippen molar-refractivity contribution in [3.63, 3.8) is 0 Å². The summed E-state index contributed by atoms with van der Waals surface area (Å²) in [5.74, 6) is 0. The highest BCUT2D eigenvalue weighted by atomic mass is 15.1. The molecule has 0 aromatic heterocycles. The van der Waals surface area contributed by atoms with Crippen LogP contribution in [0.2, 0.25) is 0 Å². The largest absolute Gasteiger partial charge is 0.310 e. The molecule has 11 aromatic rings. The smallest absolute Gasteiger partial charge is 0.0540 e. The van der Waals surface area contributed by atoms with Gasteiger partial charge in [-0.1, -0.05) is 244 Å². The molecule has 1 heteroatoms. The fraction of sp³-hybridized carbons (Fsp3) is 0.0704. The number of hydrogen-bond acceptors (Lipinski definition) is 1. The maximum atomic E-state index is 2.48. The van der Waals surface area contributed by atoms with Gasteiger partial charge in [-0.25, -0.2) is 0 Å². The van der Waals surface area contributed by atoms with Crippen molar-refractivity contribution in [3.05, 3.63) is 295 Å². The maximum Gasteiger partial charge on any atom is 0.0540 e. The average molecular weight is 920 g/mol. The van der Waals surface area contributed by atoms with Crippen LogP contribution in [0.1, 0.15) is 48.6 Å². The molecule has 0 saturated heterocycles. The van der Waals surface area contributed by atoms with Crippen LogP contribution >= 0.6 is 0 Å². The summed E-state index contributed by atoms with van der Waals surface area (Å²) in [6.07, 6.45) is 0. The molecule has 0 bridgehead atoms. The van der Waals surface area contributed by atoms with Crippen LogP contribution in [0.4, 0.5) is 17.1 Å². The summed E-state index contributed by atoms with van der Waals surface area (Å²) in [5.41, 5.74) is 26.8. The van der Waals surface area contributed by atoms with E-state index >= 15 is 0 Å². The van der Waals surface area contributed by atoms with E-state index in [1.807, 2.05) is 0 Å². The number of hydrogen-bond donors (Lipinski definition) is 0. The average Bonchev–Trinajstić information content (AvgIpc) is 3.85. The van der Waals surface area contributed by atoms with E-state index in [9.17, 15) is 0 Å². The van der Waals surface area contributed by atoms with E-state index in [0.717, 1.165) is 28.2 Å². The third kappa shape index (κ3) is 6.91. The molecule has 1 unspecified atom stereocenters. The van der Waals surface area contributed by atoms with Crippen molar-refractivity contribution in [1.29, 1.82) is 0 Å². The SMILES string of the molecule is CC1(C)c2ccccc2-c2cccc(-c3ccccc3-c3ccc(N(c4ccc5c(c4)C(C)(c4ccccc4)c4ccccc4-5)c4ccccc4-c4cccc(-c5ccccc5-c5ccccc5)c4)cc3)c21. The molecule has 72 heavy (non-hydrogen) atoms. The Morgan fingerprint density at radius 2 is 0.694 bits per heavy atom. The number of benzene rings is 11. The summed E-state index contributed by atoms with van der Waals surface area (Å²) >= 11 is 0. The first-order valence-electron chi connectivity index (χ1n) is 25.3. The topological polar surface area (TPSA) is 3.24 Å². The fourth-order valence-electron chi connectivity index (χ4n) is 12.3. The molecule has 13 rings (SSSR count). The molecule has 0 heterocycles. The molecule has 1 atom stereocenters. The zero-order chi connectivity index (χ0) is 48.4. The number of anilines is 3. The highest BCUT2D eigenvalue weighted by Crippen LogP contribution is 2.56. The Morgan fingerprint density at radius 3 is 1.39 bits per heavy atom. The maximum absolute atomic E-state index is 2.48. The molecule has 0 radical (unpaired) electrons. The molecule has 0 fully saturated rings. The molecular weight excluding hydrogens is 867 g/mol. The van der Waals surface area contributed by atoms with Crippen molar-refractivity contribution < 1.29 is 0 Å². The van der Waals surface area contributed by atoms with Crippen LogP contribution in [0.3, 0.4) is 0 Å². The molecule has 2 aliphatic rings. The quantitative estimate of drug-likeness (QED) is 0.139. The monoisotopic (exact) mass is 919 g/mol. The Kier molecular flexibility index (Phi) is 10.4. The van der Waals surface area contributed by atoms with Gasteiger partial charge in [0.25, 0.3) is 0 Å². The second kappa shape index (κ2) is 17.3. The normalized spacial score (nSPS) is 14.8. The van der Waals surface area contributed by atoms with Crippen molar-refractivity contribution >= 4 is 17.1 Å². The lowest BCUT2D eigenvalue weighted by Gasteiger charge is -2.31. The van der Waals surface area contributed by atoms with Crippen LogP contribution in [0.25, 0.3) is 77.9 Å². The van der Waals surface area contributed by atoms with E-state index in [2.05, 4.69) is 293 Å². The minimum absolute atomic E-state index is 0.133. The molecule has 0 saturated carbocycles. The minimum atomic E-state index is -0.351. The molecule has 0 N–H and O–H groups in total. The van der Waals surface area contributed by atoms with Crippen LogP contribution in [0.5, 0.6) is 0 Å². The van der Waals surface area contributed by atoms with Gasteiger partial charge in [-0.05, 0) is 143 Å². The van der Waals surface area contributed by atoms with E-state index in [0.29, 0.717) is 0 Å². The lowest BCUT2D eigenvalue weighted by molar-refractivity contribution is 0.662. The van der Waals surface area contributed by atoms with Gasteiger partial charge in [0.15, 0.2) is 0 Å². The van der Waals surface area contributed by atoms with Crippen molar-refractivity contribution in [2.24, 2.45) is 0 Å². The number of nitrogens with zero attached hydrogens (tertiary/aromatic N) is 1. The zero-order valence-corrected chi connectivity index (χ0v) is 40.9. The van der Waals surface area contributed by atoms with E-state index in [1.165, 1.54) is 94.6 Å². The number of fused-ring (bicyclic) bond motifs is 6. The summed E-state index contributed by atoms with van der Waals surface area (Å²) in [6.45, 7) is 7.16. The molecule has 2 aliphatic carbocycles. The third-order valence-corrected chi connectivity index (χ3v) is 15.8. The van der Waals surface area contributed by atoms with Crippen LogP contribution in [-0.4, -0.2) is 0 Å². The van der Waals surface area contributed by atoms with Gasteiger partial charge in [0.2, 0.25) is 0 Å². The second-order valence-corrected chi connectivity index (χ2v) is 20.1. The summed E-state index contributed by atoms with van der Waals surface area (Å²) in [5, 5.41) is 0. The van der Waals surface area contributed by atoms with Gasteiger partial charge in [-0.15, -0.1) is 0 Å². The predicted octanol–water partition coefficient (Wildman–Crippen LogP) is 19.1. The summed E-state index contributed by atoms with van der Waals surface area (Å²) < 4.78 is 0. The predicted molar refractivity (Wildman–Crippen MR) is 303 cm³/mol. The summed E-state index contributed by atoms with van der Waals surface area (Å²) in [4.78, 5) is 2.48. The number of rotatable bonds is 9. The Hall–Kier alpha value is -8.78. The van der Waals surface area contributed by atoms with Gasteiger partial charge in [-0.2, -0.15) is 0 Å². The zero-order valence-electron chi connectivity index (χ0n) is 40.9.